The molecule has 1 aliphatic carbocycles. The summed E-state index contributed by atoms with van der Waals surface area (Å²) in [5, 5.41) is 9.69. The zero-order chi connectivity index (χ0) is 8.39. The minimum Gasteiger partial charge on any atom is -0.391 e. The number of nitrogens with zero attached hydrogens (tertiary/aromatic N) is 1. The van der Waals surface area contributed by atoms with Gasteiger partial charge in [0.1, 0.15) is 0 Å². The molecule has 1 heterocycles. The summed E-state index contributed by atoms with van der Waals surface area (Å²) in [6, 6.07) is 0.492. The first kappa shape index (κ1) is 8.85. The second-order valence-electron chi connectivity index (χ2n) is 3.71. The number of aliphatic hydroxyl groups is 1. The molecule has 0 aromatic carbocycles. The van der Waals surface area contributed by atoms with Crippen LogP contribution in [0.3, 0.4) is 0 Å². The quantitative estimate of drug-likeness (QED) is 0.661. The van der Waals surface area contributed by atoms with E-state index in [1.807, 2.05) is 11.8 Å². The van der Waals surface area contributed by atoms with Crippen molar-refractivity contribution in [1.29, 1.82) is 0 Å². The van der Waals surface area contributed by atoms with Crippen LogP contribution < -0.4 is 0 Å². The van der Waals surface area contributed by atoms with Gasteiger partial charge in [-0.1, -0.05) is 0 Å². The van der Waals surface area contributed by atoms with Gasteiger partial charge < -0.3 is 5.11 Å². The molecule has 70 valence electrons. The van der Waals surface area contributed by atoms with Crippen molar-refractivity contribution in [3.8, 4) is 0 Å². The van der Waals surface area contributed by atoms with Crippen molar-refractivity contribution in [3.63, 3.8) is 0 Å². The molecule has 1 saturated heterocycles. The maximum Gasteiger partial charge on any atom is 0.0695 e. The van der Waals surface area contributed by atoms with Crippen LogP contribution in [0.4, 0.5) is 0 Å². The first-order valence-corrected chi connectivity index (χ1v) is 6.03. The van der Waals surface area contributed by atoms with Crippen molar-refractivity contribution in [2.45, 2.75) is 31.4 Å². The van der Waals surface area contributed by atoms with Crippen molar-refractivity contribution in [3.05, 3.63) is 0 Å². The van der Waals surface area contributed by atoms with Gasteiger partial charge in [0.05, 0.1) is 6.10 Å². The van der Waals surface area contributed by atoms with E-state index in [2.05, 4.69) is 4.90 Å². The fourth-order valence-corrected chi connectivity index (χ4v) is 3.19. The van der Waals surface area contributed by atoms with E-state index in [1.165, 1.54) is 37.4 Å². The van der Waals surface area contributed by atoms with Crippen molar-refractivity contribution in [1.82, 2.24) is 4.90 Å². The lowest BCUT2D eigenvalue weighted by molar-refractivity contribution is 0.0769. The Balaban J connectivity index is 1.89. The van der Waals surface area contributed by atoms with Crippen LogP contribution in [0.1, 0.15) is 19.3 Å². The van der Waals surface area contributed by atoms with Crippen LogP contribution >= 0.6 is 11.8 Å². The fourth-order valence-electron chi connectivity index (χ4n) is 2.26. The lowest BCUT2D eigenvalue weighted by Crippen LogP contribution is -2.44. The predicted molar refractivity (Wildman–Crippen MR) is 52.5 cm³/mol. The van der Waals surface area contributed by atoms with E-state index in [0.717, 1.165) is 6.42 Å². The van der Waals surface area contributed by atoms with E-state index < -0.39 is 0 Å². The van der Waals surface area contributed by atoms with Gasteiger partial charge in [0.2, 0.25) is 0 Å². The Morgan fingerprint density at radius 2 is 1.92 bits per heavy atom. The Morgan fingerprint density at radius 3 is 2.50 bits per heavy atom. The molecule has 1 N–H and O–H groups in total. The number of thioether (sulfide) groups is 1. The minimum atomic E-state index is -0.0342. The Hall–Kier alpha value is 0.270. The summed E-state index contributed by atoms with van der Waals surface area (Å²) < 4.78 is 0. The van der Waals surface area contributed by atoms with Gasteiger partial charge in [0.25, 0.3) is 0 Å². The number of rotatable bonds is 1. The van der Waals surface area contributed by atoms with Gasteiger partial charge in [-0.15, -0.1) is 0 Å². The molecule has 2 nitrogen and oxygen atoms in total. The Kier molecular flexibility index (Phi) is 2.94. The van der Waals surface area contributed by atoms with Gasteiger partial charge in [0.15, 0.2) is 0 Å². The van der Waals surface area contributed by atoms with Crippen LogP contribution in [0, 0.1) is 0 Å². The van der Waals surface area contributed by atoms with Gasteiger partial charge in [-0.25, -0.2) is 0 Å². The second kappa shape index (κ2) is 3.99. The van der Waals surface area contributed by atoms with Gasteiger partial charge in [-0.3, -0.25) is 4.90 Å². The summed E-state index contributed by atoms with van der Waals surface area (Å²) >= 11 is 2.04. The molecular weight excluding hydrogens is 170 g/mol. The monoisotopic (exact) mass is 187 g/mol. The first-order chi connectivity index (χ1) is 5.88. The van der Waals surface area contributed by atoms with Crippen LogP contribution in [0.25, 0.3) is 0 Å². The average Bonchev–Trinajstić information content (AvgIpc) is 2.53. The Bertz CT molecular complexity index is 147. The van der Waals surface area contributed by atoms with Gasteiger partial charge in [-0.2, -0.15) is 11.8 Å². The fraction of sp³-hybridized carbons (Fsp3) is 1.00. The minimum absolute atomic E-state index is 0.0342. The van der Waals surface area contributed by atoms with Crippen molar-refractivity contribution in [2.24, 2.45) is 0 Å². The van der Waals surface area contributed by atoms with Crippen molar-refractivity contribution < 1.29 is 5.11 Å². The van der Waals surface area contributed by atoms with Crippen LogP contribution in [-0.4, -0.2) is 46.7 Å². The standard InChI is InChI=1S/C9H17NOS/c11-9-3-1-2-8(9)10-4-6-12-7-5-10/h8-9,11H,1-7H2. The molecule has 0 bridgehead atoms. The molecule has 0 spiro atoms. The second-order valence-corrected chi connectivity index (χ2v) is 4.94. The lowest BCUT2D eigenvalue weighted by atomic mass is 10.2. The molecule has 0 aromatic rings. The number of hydrogen-bond acceptors (Lipinski definition) is 3. The van der Waals surface area contributed by atoms with Crippen molar-refractivity contribution in [2.75, 3.05) is 24.6 Å². The SMILES string of the molecule is OC1CCCC1N1CCSCC1. The highest BCUT2D eigenvalue weighted by Crippen LogP contribution is 2.26. The molecule has 2 rings (SSSR count). The third-order valence-corrected chi connectivity index (χ3v) is 3.90. The highest BCUT2D eigenvalue weighted by atomic mass is 32.2. The molecule has 0 radical (unpaired) electrons. The average molecular weight is 187 g/mol. The normalized spacial score (nSPS) is 38.8. The summed E-state index contributed by atoms with van der Waals surface area (Å²) in [7, 11) is 0. The highest BCUT2D eigenvalue weighted by molar-refractivity contribution is 7.99. The van der Waals surface area contributed by atoms with E-state index in [0.29, 0.717) is 6.04 Å². The maximum absolute atomic E-state index is 9.69. The molecule has 2 aliphatic rings. The van der Waals surface area contributed by atoms with E-state index in [1.54, 1.807) is 0 Å². The topological polar surface area (TPSA) is 23.5 Å². The number of aliphatic hydroxyl groups excluding tert-OH is 1. The van der Waals surface area contributed by atoms with Gasteiger partial charge in [-0.05, 0) is 19.3 Å². The molecular formula is C9H17NOS. The van der Waals surface area contributed by atoms with Crippen LogP contribution in [0.2, 0.25) is 0 Å². The van der Waals surface area contributed by atoms with Crippen molar-refractivity contribution >= 4 is 11.8 Å². The summed E-state index contributed by atoms with van der Waals surface area (Å²) in [5.41, 5.74) is 0. The molecule has 3 heteroatoms. The molecule has 1 aliphatic heterocycles. The lowest BCUT2D eigenvalue weighted by Gasteiger charge is -2.33. The van der Waals surface area contributed by atoms with E-state index >= 15 is 0 Å². The number of hydrogen-bond donors (Lipinski definition) is 1. The van der Waals surface area contributed by atoms with Crippen LogP contribution in [-0.2, 0) is 0 Å². The first-order valence-electron chi connectivity index (χ1n) is 4.88. The molecule has 1 saturated carbocycles. The van der Waals surface area contributed by atoms with Crippen LogP contribution in [0.5, 0.6) is 0 Å². The highest BCUT2D eigenvalue weighted by Gasteiger charge is 2.30. The van der Waals surface area contributed by atoms with E-state index in [9.17, 15) is 5.11 Å². The Morgan fingerprint density at radius 1 is 1.17 bits per heavy atom. The zero-order valence-electron chi connectivity index (χ0n) is 7.41. The summed E-state index contributed by atoms with van der Waals surface area (Å²) in [6.07, 6.45) is 3.42. The summed E-state index contributed by atoms with van der Waals surface area (Å²) in [5.74, 6) is 2.51. The third-order valence-electron chi connectivity index (χ3n) is 2.96. The molecule has 0 amide bonds. The Labute approximate surface area is 78.3 Å². The largest absolute Gasteiger partial charge is 0.391 e. The third kappa shape index (κ3) is 1.78. The van der Waals surface area contributed by atoms with E-state index in [-0.39, 0.29) is 6.10 Å². The summed E-state index contributed by atoms with van der Waals surface area (Å²) in [4.78, 5) is 2.48. The predicted octanol–water partition coefficient (Wildman–Crippen LogP) is 0.949. The maximum atomic E-state index is 9.69. The smallest absolute Gasteiger partial charge is 0.0695 e. The molecule has 2 atom stereocenters. The molecule has 0 aromatic heterocycles. The molecule has 12 heavy (non-hydrogen) atoms. The zero-order valence-corrected chi connectivity index (χ0v) is 8.22. The van der Waals surface area contributed by atoms with Gasteiger partial charge >= 0.3 is 0 Å². The molecule has 2 unspecified atom stereocenters. The van der Waals surface area contributed by atoms with Crippen LogP contribution in [0.15, 0.2) is 0 Å². The molecule has 2 fully saturated rings. The van der Waals surface area contributed by atoms with Gasteiger partial charge in [0, 0.05) is 30.6 Å². The summed E-state index contributed by atoms with van der Waals surface area (Å²) in [6.45, 7) is 2.37. The van der Waals surface area contributed by atoms with E-state index in [4.69, 9.17) is 0 Å².